The number of hydrogen-bond donors (Lipinski definition) is 0. The molecule has 2 heteroatoms. The van der Waals surface area contributed by atoms with Gasteiger partial charge in [-0.1, -0.05) is 56.9 Å². The van der Waals surface area contributed by atoms with Crippen LogP contribution in [0.1, 0.15) is 56.9 Å². The molecule has 124 valence electrons. The molecule has 0 heterocycles. The zero-order valence-corrected chi connectivity index (χ0v) is 13.8. The zero-order chi connectivity index (χ0) is 16.3. The van der Waals surface area contributed by atoms with Gasteiger partial charge < -0.3 is 0 Å². The molecule has 0 bridgehead atoms. The summed E-state index contributed by atoms with van der Waals surface area (Å²) >= 11 is 0. The van der Waals surface area contributed by atoms with Crippen LogP contribution in [0.15, 0.2) is 48.6 Å². The molecule has 0 nitrogen and oxygen atoms in total. The summed E-state index contributed by atoms with van der Waals surface area (Å²) < 4.78 is 28.6. The minimum absolute atomic E-state index is 0.0222. The van der Waals surface area contributed by atoms with Gasteiger partial charge in [0.2, 0.25) is 0 Å². The van der Waals surface area contributed by atoms with Gasteiger partial charge in [0.1, 0.15) is 11.5 Å². The third-order valence-electron chi connectivity index (χ3n) is 5.52. The van der Waals surface area contributed by atoms with Crippen molar-refractivity contribution in [2.75, 3.05) is 0 Å². The Hall–Kier alpha value is -1.44. The van der Waals surface area contributed by atoms with Crippen molar-refractivity contribution in [3.8, 4) is 0 Å². The maximum atomic E-state index is 15.3. The van der Waals surface area contributed by atoms with Crippen LogP contribution in [0.2, 0.25) is 0 Å². The zero-order valence-electron chi connectivity index (χ0n) is 13.8. The van der Waals surface area contributed by atoms with E-state index < -0.39 is 5.67 Å². The summed E-state index contributed by atoms with van der Waals surface area (Å²) in [6.07, 6.45) is 14.0. The van der Waals surface area contributed by atoms with E-state index in [4.69, 9.17) is 0 Å². The molecule has 0 spiro atoms. The Morgan fingerprint density at radius 2 is 1.78 bits per heavy atom. The maximum absolute atomic E-state index is 15.3. The molecule has 0 unspecified atom stereocenters. The first kappa shape index (κ1) is 16.4. The lowest BCUT2D eigenvalue weighted by Gasteiger charge is -2.37. The fourth-order valence-electron chi connectivity index (χ4n) is 4.13. The van der Waals surface area contributed by atoms with Crippen LogP contribution in [0.3, 0.4) is 0 Å². The fourth-order valence-corrected chi connectivity index (χ4v) is 4.13. The van der Waals surface area contributed by atoms with Crippen molar-refractivity contribution >= 4 is 0 Å². The number of alkyl halides is 1. The fraction of sp³-hybridized carbons (Fsp3) is 0.524. The van der Waals surface area contributed by atoms with Crippen molar-refractivity contribution in [2.24, 2.45) is 11.8 Å². The molecule has 0 saturated heterocycles. The van der Waals surface area contributed by atoms with Crippen molar-refractivity contribution in [1.82, 2.24) is 0 Å². The van der Waals surface area contributed by atoms with Gasteiger partial charge in [-0.2, -0.15) is 0 Å². The van der Waals surface area contributed by atoms with Gasteiger partial charge >= 0.3 is 0 Å². The third kappa shape index (κ3) is 3.73. The van der Waals surface area contributed by atoms with Gasteiger partial charge in [-0.3, -0.25) is 0 Å². The number of benzene rings is 1. The summed E-state index contributed by atoms with van der Waals surface area (Å²) in [4.78, 5) is 0. The number of allylic oxidation sites excluding steroid dienone is 4. The average Bonchev–Trinajstić information content (AvgIpc) is 2.56. The Balaban J connectivity index is 1.65. The van der Waals surface area contributed by atoms with Gasteiger partial charge in [-0.25, -0.2) is 8.78 Å². The minimum Gasteiger partial charge on any atom is -0.234 e. The third-order valence-corrected chi connectivity index (χ3v) is 5.52. The highest BCUT2D eigenvalue weighted by atomic mass is 19.1. The summed E-state index contributed by atoms with van der Waals surface area (Å²) in [6.45, 7) is 2.22. The highest BCUT2D eigenvalue weighted by molar-refractivity contribution is 5.36. The first-order chi connectivity index (χ1) is 11.1. The number of hydrogen-bond acceptors (Lipinski definition) is 0. The summed E-state index contributed by atoms with van der Waals surface area (Å²) in [5, 5.41) is 0. The molecule has 1 aromatic rings. The van der Waals surface area contributed by atoms with Crippen molar-refractivity contribution < 1.29 is 8.78 Å². The van der Waals surface area contributed by atoms with Crippen molar-refractivity contribution in [3.05, 3.63) is 60.0 Å². The Morgan fingerprint density at radius 1 is 1.09 bits per heavy atom. The molecule has 0 amide bonds. The Labute approximate surface area is 138 Å². The van der Waals surface area contributed by atoms with Gasteiger partial charge in [0.05, 0.1) is 0 Å². The predicted molar refractivity (Wildman–Crippen MR) is 91.6 cm³/mol. The summed E-state index contributed by atoms with van der Waals surface area (Å²) in [5.74, 6) is 0.620. The van der Waals surface area contributed by atoms with E-state index in [1.165, 1.54) is 25.0 Å². The quantitative estimate of drug-likeness (QED) is 0.568. The van der Waals surface area contributed by atoms with Crippen LogP contribution in [0.25, 0.3) is 0 Å². The van der Waals surface area contributed by atoms with Gasteiger partial charge in [0.15, 0.2) is 0 Å². The van der Waals surface area contributed by atoms with Crippen LogP contribution in [0.4, 0.5) is 8.78 Å². The van der Waals surface area contributed by atoms with E-state index in [0.717, 1.165) is 37.2 Å². The molecule has 1 saturated carbocycles. The predicted octanol–water partition coefficient (Wildman–Crippen LogP) is 6.35. The summed E-state index contributed by atoms with van der Waals surface area (Å²) in [7, 11) is 0. The van der Waals surface area contributed by atoms with Crippen LogP contribution in [0.5, 0.6) is 0 Å². The van der Waals surface area contributed by atoms with E-state index in [-0.39, 0.29) is 17.7 Å². The van der Waals surface area contributed by atoms with E-state index in [2.05, 4.69) is 6.92 Å². The van der Waals surface area contributed by atoms with Crippen LogP contribution >= 0.6 is 0 Å². The second-order valence-corrected chi connectivity index (χ2v) is 7.13. The lowest BCUT2D eigenvalue weighted by atomic mass is 9.71. The Morgan fingerprint density at radius 3 is 2.39 bits per heavy atom. The molecular weight excluding hydrogens is 290 g/mol. The highest BCUT2D eigenvalue weighted by Gasteiger charge is 2.38. The Bertz CT molecular complexity index is 565. The largest absolute Gasteiger partial charge is 0.234 e. The smallest absolute Gasteiger partial charge is 0.150 e. The normalized spacial score (nSPS) is 33.8. The minimum atomic E-state index is -1.32. The van der Waals surface area contributed by atoms with Crippen LogP contribution in [0, 0.1) is 17.7 Å². The van der Waals surface area contributed by atoms with Gasteiger partial charge in [0, 0.05) is 11.8 Å². The first-order valence-electron chi connectivity index (χ1n) is 8.94. The molecule has 0 radical (unpaired) electrons. The molecule has 23 heavy (non-hydrogen) atoms. The molecule has 1 aromatic carbocycles. The van der Waals surface area contributed by atoms with Gasteiger partial charge in [0.25, 0.3) is 0 Å². The molecule has 2 aliphatic carbocycles. The topological polar surface area (TPSA) is 0 Å². The molecule has 1 fully saturated rings. The SMILES string of the molecule is CCCC1CCC(C2(F)C=CC(c3cccc(F)c3)C=C2)CC1. The van der Waals surface area contributed by atoms with Gasteiger partial charge in [-0.05, 0) is 48.6 Å². The number of halogens is 2. The van der Waals surface area contributed by atoms with E-state index in [1.54, 1.807) is 18.2 Å². The average molecular weight is 316 g/mol. The molecule has 2 aliphatic rings. The molecular formula is C21H26F2. The molecule has 3 rings (SSSR count). The van der Waals surface area contributed by atoms with Crippen LogP contribution in [-0.2, 0) is 0 Å². The second kappa shape index (κ2) is 6.98. The van der Waals surface area contributed by atoms with E-state index >= 15 is 4.39 Å². The van der Waals surface area contributed by atoms with Gasteiger partial charge in [-0.15, -0.1) is 0 Å². The Kier molecular flexibility index (Phi) is 4.99. The highest BCUT2D eigenvalue weighted by Crippen LogP contribution is 2.43. The monoisotopic (exact) mass is 316 g/mol. The number of rotatable bonds is 4. The summed E-state index contributed by atoms with van der Waals surface area (Å²) in [6, 6.07) is 6.57. The van der Waals surface area contributed by atoms with E-state index in [1.807, 2.05) is 18.2 Å². The van der Waals surface area contributed by atoms with Crippen molar-refractivity contribution in [2.45, 2.75) is 57.0 Å². The van der Waals surface area contributed by atoms with Crippen molar-refractivity contribution in [1.29, 1.82) is 0 Å². The molecule has 0 atom stereocenters. The lowest BCUT2D eigenvalue weighted by molar-refractivity contribution is 0.126. The standard InChI is InChI=1S/C21H26F2/c1-2-4-16-7-9-19(10-8-16)21(23)13-11-17(12-14-21)18-5-3-6-20(22)15-18/h3,5-6,11-17,19H,2,4,7-10H2,1H3. The second-order valence-electron chi connectivity index (χ2n) is 7.13. The van der Waals surface area contributed by atoms with E-state index in [9.17, 15) is 4.39 Å². The van der Waals surface area contributed by atoms with Crippen molar-refractivity contribution in [3.63, 3.8) is 0 Å². The summed E-state index contributed by atoms with van der Waals surface area (Å²) in [5.41, 5.74) is -0.438. The molecule has 0 aliphatic heterocycles. The maximum Gasteiger partial charge on any atom is 0.150 e. The van der Waals surface area contributed by atoms with Crippen LogP contribution in [-0.4, -0.2) is 5.67 Å². The lowest BCUT2D eigenvalue weighted by Crippen LogP contribution is -2.33. The molecule has 0 N–H and O–H groups in total. The van der Waals surface area contributed by atoms with Crippen LogP contribution < -0.4 is 0 Å². The molecule has 0 aromatic heterocycles. The first-order valence-corrected chi connectivity index (χ1v) is 8.94. The van der Waals surface area contributed by atoms with E-state index in [0.29, 0.717) is 0 Å².